The number of hydrogen-bond acceptors (Lipinski definition) is 6. The second kappa shape index (κ2) is 13.1. The molecule has 0 heterocycles. The van der Waals surface area contributed by atoms with Crippen molar-refractivity contribution in [2.24, 2.45) is 17.4 Å². The Morgan fingerprint density at radius 1 is 0.929 bits per heavy atom. The molecule has 0 saturated carbocycles. The minimum absolute atomic E-state index is 0.127. The summed E-state index contributed by atoms with van der Waals surface area (Å²) < 4.78 is 0. The van der Waals surface area contributed by atoms with Crippen molar-refractivity contribution in [3.05, 3.63) is 0 Å². The van der Waals surface area contributed by atoms with Gasteiger partial charge in [0.25, 0.3) is 0 Å². The molecule has 10 heteroatoms. The van der Waals surface area contributed by atoms with Crippen molar-refractivity contribution < 1.29 is 24.3 Å². The molecular weight excluding hydrogens is 366 g/mol. The van der Waals surface area contributed by atoms with E-state index in [4.69, 9.17) is 11.5 Å². The number of hydrogen-bond donors (Lipinski definition) is 6. The van der Waals surface area contributed by atoms with Crippen LogP contribution < -0.4 is 27.4 Å². The lowest BCUT2D eigenvalue weighted by atomic mass is 10.0. The fourth-order valence-corrected chi connectivity index (χ4v) is 2.64. The van der Waals surface area contributed by atoms with E-state index < -0.39 is 47.9 Å². The van der Waals surface area contributed by atoms with E-state index in [9.17, 15) is 24.3 Å². The Hall–Kier alpha value is -2.20. The van der Waals surface area contributed by atoms with Crippen molar-refractivity contribution in [1.82, 2.24) is 16.0 Å². The van der Waals surface area contributed by atoms with Gasteiger partial charge in [0.05, 0.1) is 6.10 Å². The molecule has 0 aliphatic carbocycles. The van der Waals surface area contributed by atoms with E-state index in [0.29, 0.717) is 25.8 Å². The highest BCUT2D eigenvalue weighted by Crippen LogP contribution is 2.07. The van der Waals surface area contributed by atoms with Crippen molar-refractivity contribution in [1.29, 1.82) is 0 Å². The highest BCUT2D eigenvalue weighted by molar-refractivity contribution is 5.94. The first-order valence-electron chi connectivity index (χ1n) is 9.54. The first kappa shape index (κ1) is 25.8. The molecule has 8 N–H and O–H groups in total. The molecule has 0 aromatic heterocycles. The van der Waals surface area contributed by atoms with Crippen LogP contribution in [0.2, 0.25) is 0 Å². The molecule has 0 bridgehead atoms. The third-order valence-corrected chi connectivity index (χ3v) is 4.07. The fourth-order valence-electron chi connectivity index (χ4n) is 2.64. The maximum Gasteiger partial charge on any atom is 0.245 e. The Labute approximate surface area is 166 Å². The van der Waals surface area contributed by atoms with Crippen LogP contribution in [0.25, 0.3) is 0 Å². The lowest BCUT2D eigenvalue weighted by Crippen LogP contribution is -2.58. The average molecular weight is 402 g/mol. The summed E-state index contributed by atoms with van der Waals surface area (Å²) in [5.74, 6) is -2.27. The molecule has 0 radical (unpaired) electrons. The molecule has 4 atom stereocenters. The zero-order valence-corrected chi connectivity index (χ0v) is 17.2. The number of nitrogens with two attached hydrogens (primary N) is 2. The molecule has 4 unspecified atom stereocenters. The number of rotatable bonds is 13. The van der Waals surface area contributed by atoms with Crippen LogP contribution in [0.1, 0.15) is 53.4 Å². The Bertz CT molecular complexity index is 538. The first-order chi connectivity index (χ1) is 13.0. The fraction of sp³-hybridized carbons (Fsp3) is 0.778. The summed E-state index contributed by atoms with van der Waals surface area (Å²) in [6.45, 7) is 6.79. The van der Waals surface area contributed by atoms with E-state index in [2.05, 4.69) is 16.0 Å². The molecule has 0 saturated heterocycles. The number of unbranched alkanes of at least 4 members (excludes halogenated alkanes) is 1. The third-order valence-electron chi connectivity index (χ3n) is 4.07. The molecule has 0 spiro atoms. The predicted molar refractivity (Wildman–Crippen MR) is 105 cm³/mol. The van der Waals surface area contributed by atoms with Crippen molar-refractivity contribution in [2.45, 2.75) is 77.6 Å². The van der Waals surface area contributed by atoms with Gasteiger partial charge in [-0.2, -0.15) is 0 Å². The van der Waals surface area contributed by atoms with E-state index in [0.717, 1.165) is 0 Å². The predicted octanol–water partition coefficient (Wildman–Crippen LogP) is -1.50. The Morgan fingerprint density at radius 2 is 1.50 bits per heavy atom. The highest BCUT2D eigenvalue weighted by atomic mass is 16.3. The van der Waals surface area contributed by atoms with Gasteiger partial charge < -0.3 is 32.5 Å². The van der Waals surface area contributed by atoms with Gasteiger partial charge in [-0.1, -0.05) is 13.8 Å². The molecule has 0 aliphatic heterocycles. The molecule has 0 fully saturated rings. The van der Waals surface area contributed by atoms with Gasteiger partial charge in [-0.25, -0.2) is 0 Å². The largest absolute Gasteiger partial charge is 0.391 e. The van der Waals surface area contributed by atoms with Gasteiger partial charge in [0, 0.05) is 6.92 Å². The molecule has 28 heavy (non-hydrogen) atoms. The molecule has 162 valence electrons. The maximum absolute atomic E-state index is 12.7. The van der Waals surface area contributed by atoms with E-state index >= 15 is 0 Å². The van der Waals surface area contributed by atoms with Gasteiger partial charge in [0.1, 0.15) is 18.1 Å². The number of aliphatic hydroxyl groups is 1. The number of carbonyl (C=O) groups is 4. The monoisotopic (exact) mass is 401 g/mol. The molecule has 0 rings (SSSR count). The second-order valence-electron chi connectivity index (χ2n) is 7.36. The number of aliphatic hydroxyl groups excluding tert-OH is 1. The van der Waals surface area contributed by atoms with Crippen LogP contribution in [-0.2, 0) is 19.2 Å². The Morgan fingerprint density at radius 3 is 1.93 bits per heavy atom. The summed E-state index contributed by atoms with van der Waals surface area (Å²) >= 11 is 0. The van der Waals surface area contributed by atoms with Crippen LogP contribution in [0.3, 0.4) is 0 Å². The van der Waals surface area contributed by atoms with Gasteiger partial charge >= 0.3 is 0 Å². The van der Waals surface area contributed by atoms with Crippen LogP contribution in [0.4, 0.5) is 0 Å². The molecule has 10 nitrogen and oxygen atoms in total. The molecule has 0 aliphatic rings. The summed E-state index contributed by atoms with van der Waals surface area (Å²) in [6.07, 6.45) is 0.716. The minimum atomic E-state index is -1.20. The average Bonchev–Trinajstić information content (AvgIpc) is 2.57. The highest BCUT2D eigenvalue weighted by Gasteiger charge is 2.30. The quantitative estimate of drug-likeness (QED) is 0.205. The van der Waals surface area contributed by atoms with E-state index in [1.165, 1.54) is 13.8 Å². The van der Waals surface area contributed by atoms with Crippen LogP contribution in [0.5, 0.6) is 0 Å². The van der Waals surface area contributed by atoms with Gasteiger partial charge in [0.2, 0.25) is 23.6 Å². The van der Waals surface area contributed by atoms with Crippen molar-refractivity contribution in [3.63, 3.8) is 0 Å². The topological polar surface area (TPSA) is 177 Å². The van der Waals surface area contributed by atoms with Gasteiger partial charge in [-0.05, 0) is 45.1 Å². The Balaban J connectivity index is 5.27. The number of carbonyl (C=O) groups excluding carboxylic acids is 4. The van der Waals surface area contributed by atoms with Gasteiger partial charge in [0.15, 0.2) is 0 Å². The van der Waals surface area contributed by atoms with Crippen molar-refractivity contribution in [3.8, 4) is 0 Å². The van der Waals surface area contributed by atoms with Crippen LogP contribution in [0.15, 0.2) is 0 Å². The SMILES string of the molecule is CC(=O)NC(C(=O)NC(CCCCN)C(=O)NC(CC(C)C)C(N)=O)C(C)O. The molecule has 0 aromatic carbocycles. The van der Waals surface area contributed by atoms with Crippen LogP contribution in [0, 0.1) is 5.92 Å². The maximum atomic E-state index is 12.7. The van der Waals surface area contributed by atoms with E-state index in [-0.39, 0.29) is 12.3 Å². The standard InChI is InChI=1S/C18H35N5O5/c1-10(2)9-14(16(20)26)23-17(27)13(7-5-6-8-19)22-18(28)15(11(3)24)21-12(4)25/h10-11,13-15,24H,5-9,19H2,1-4H3,(H2,20,26)(H,21,25)(H,22,28)(H,23,27). The van der Waals surface area contributed by atoms with Crippen LogP contribution >= 0.6 is 0 Å². The zero-order valence-electron chi connectivity index (χ0n) is 17.2. The summed E-state index contributed by atoms with van der Waals surface area (Å²) in [4.78, 5) is 48.0. The molecule has 4 amide bonds. The number of primary amides is 1. The van der Waals surface area contributed by atoms with Gasteiger partial charge in [-0.15, -0.1) is 0 Å². The summed E-state index contributed by atoms with van der Waals surface area (Å²) in [5, 5.41) is 17.2. The first-order valence-corrected chi connectivity index (χ1v) is 9.54. The van der Waals surface area contributed by atoms with Crippen molar-refractivity contribution in [2.75, 3.05) is 6.54 Å². The van der Waals surface area contributed by atoms with Crippen LogP contribution in [-0.4, -0.2) is 59.5 Å². The smallest absolute Gasteiger partial charge is 0.245 e. The molecule has 0 aromatic rings. The number of nitrogens with one attached hydrogen (secondary N) is 3. The second-order valence-corrected chi connectivity index (χ2v) is 7.36. The zero-order chi connectivity index (χ0) is 21.9. The molecular formula is C18H35N5O5. The lowest BCUT2D eigenvalue weighted by Gasteiger charge is -2.26. The minimum Gasteiger partial charge on any atom is -0.391 e. The summed E-state index contributed by atoms with van der Waals surface area (Å²) in [5.41, 5.74) is 10.8. The Kier molecular flexibility index (Phi) is 12.0. The van der Waals surface area contributed by atoms with E-state index in [1.54, 1.807) is 0 Å². The third kappa shape index (κ3) is 10.2. The van der Waals surface area contributed by atoms with E-state index in [1.807, 2.05) is 13.8 Å². The lowest BCUT2D eigenvalue weighted by molar-refractivity contribution is -0.134. The summed E-state index contributed by atoms with van der Waals surface area (Å²) in [6, 6.07) is -3.02. The van der Waals surface area contributed by atoms with Gasteiger partial charge in [-0.3, -0.25) is 19.2 Å². The van der Waals surface area contributed by atoms with Crippen molar-refractivity contribution >= 4 is 23.6 Å². The summed E-state index contributed by atoms with van der Waals surface area (Å²) in [7, 11) is 0. The normalized spacial score (nSPS) is 15.2. The number of amides is 4.